The van der Waals surface area contributed by atoms with E-state index in [1.165, 1.54) is 17.4 Å². The van der Waals surface area contributed by atoms with Gasteiger partial charge in [-0.15, -0.1) is 10.2 Å². The molecule has 0 spiro atoms. The predicted molar refractivity (Wildman–Crippen MR) is 146 cm³/mol. The number of amides is 1. The van der Waals surface area contributed by atoms with E-state index < -0.39 is 0 Å². The van der Waals surface area contributed by atoms with Crippen molar-refractivity contribution in [3.8, 4) is 21.9 Å². The number of benzene rings is 2. The Hall–Kier alpha value is -3.86. The number of rotatable bonds is 6. The largest absolute Gasteiger partial charge is 0.457 e. The summed E-state index contributed by atoms with van der Waals surface area (Å²) in [6.45, 7) is 2.02. The van der Waals surface area contributed by atoms with Gasteiger partial charge in [0.15, 0.2) is 10.9 Å². The van der Waals surface area contributed by atoms with Crippen molar-refractivity contribution in [2.75, 3.05) is 5.32 Å². The minimum atomic E-state index is -0.375. The molecule has 0 aliphatic heterocycles. The van der Waals surface area contributed by atoms with Crippen LogP contribution in [0.5, 0.6) is 0 Å². The van der Waals surface area contributed by atoms with E-state index in [-0.39, 0.29) is 11.0 Å². The third-order valence-electron chi connectivity index (χ3n) is 5.15. The Bertz CT molecular complexity index is 1570. The number of hydrogen-bond acceptors (Lipinski definition) is 7. The van der Waals surface area contributed by atoms with Crippen LogP contribution in [0, 0.1) is 0 Å². The zero-order valence-electron chi connectivity index (χ0n) is 18.9. The zero-order chi connectivity index (χ0) is 25.1. The lowest BCUT2D eigenvalue weighted by molar-refractivity contribution is -0.115. The van der Waals surface area contributed by atoms with Crippen LogP contribution in [0.1, 0.15) is 18.5 Å². The van der Waals surface area contributed by atoms with Gasteiger partial charge >= 0.3 is 0 Å². The maximum Gasteiger partial charge on any atom is 0.250 e. The molecule has 0 unspecified atom stereocenters. The molecule has 3 aromatic heterocycles. The highest BCUT2D eigenvalue weighted by atomic mass is 35.5. The third-order valence-corrected chi connectivity index (χ3v) is 6.56. The molecular weight excluding hydrogens is 516 g/mol. The average Bonchev–Trinajstić information content (AvgIpc) is 3.60. The number of fused-ring (bicyclic) bond motifs is 1. The molecule has 2 aromatic carbocycles. The van der Waals surface area contributed by atoms with Crippen molar-refractivity contribution in [2.24, 2.45) is 0 Å². The molecular formula is C25H19ClN6O2S2. The van der Waals surface area contributed by atoms with Gasteiger partial charge in [-0.25, -0.2) is 0 Å². The Morgan fingerprint density at radius 1 is 1.08 bits per heavy atom. The summed E-state index contributed by atoms with van der Waals surface area (Å²) in [7, 11) is 0. The Labute approximate surface area is 220 Å². The van der Waals surface area contributed by atoms with E-state index in [0.29, 0.717) is 16.5 Å². The van der Waals surface area contributed by atoms with Crippen LogP contribution >= 0.6 is 35.2 Å². The van der Waals surface area contributed by atoms with Gasteiger partial charge in [0.1, 0.15) is 16.5 Å². The number of aromatic nitrogens is 4. The highest BCUT2D eigenvalue weighted by Gasteiger charge is 2.12. The second-order valence-corrected chi connectivity index (χ2v) is 9.43. The molecule has 180 valence electrons. The van der Waals surface area contributed by atoms with Gasteiger partial charge in [0.05, 0.1) is 0 Å². The fraction of sp³-hybridized carbons (Fsp3) is 0.0800. The molecule has 0 radical (unpaired) electrons. The molecule has 0 fully saturated rings. The van der Waals surface area contributed by atoms with E-state index in [1.54, 1.807) is 28.8 Å². The molecule has 36 heavy (non-hydrogen) atoms. The fourth-order valence-electron chi connectivity index (χ4n) is 3.38. The normalized spacial score (nSPS) is 11.3. The topological polar surface area (TPSA) is 97.3 Å². The van der Waals surface area contributed by atoms with Crippen LogP contribution in [-0.4, -0.2) is 30.8 Å². The summed E-state index contributed by atoms with van der Waals surface area (Å²) in [6, 6.07) is 18.5. The van der Waals surface area contributed by atoms with Crippen molar-refractivity contribution >= 4 is 62.9 Å². The average molecular weight is 535 g/mol. The SMILES string of the molecule is CCc1nnc2sc(-c3ccc(NC(=S)NC(=O)C=Cc4ccc(-c5ccc(Cl)cc5)o4)cc3)nn12. The summed E-state index contributed by atoms with van der Waals surface area (Å²) in [4.78, 5) is 13.0. The van der Waals surface area contributed by atoms with Crippen LogP contribution in [0.3, 0.4) is 0 Å². The molecule has 5 aromatic rings. The van der Waals surface area contributed by atoms with E-state index in [1.807, 2.05) is 49.4 Å². The highest BCUT2D eigenvalue weighted by Crippen LogP contribution is 2.27. The molecule has 11 heteroatoms. The first-order valence-electron chi connectivity index (χ1n) is 11.0. The molecule has 3 heterocycles. The number of carbonyl (C=O) groups is 1. The van der Waals surface area contributed by atoms with Crippen LogP contribution in [0.15, 0.2) is 71.2 Å². The number of halogens is 1. The van der Waals surface area contributed by atoms with Crippen LogP contribution in [0.25, 0.3) is 32.9 Å². The minimum Gasteiger partial charge on any atom is -0.457 e. The first-order chi connectivity index (χ1) is 17.5. The van der Waals surface area contributed by atoms with Crippen LogP contribution < -0.4 is 10.6 Å². The Morgan fingerprint density at radius 2 is 1.83 bits per heavy atom. The first-order valence-corrected chi connectivity index (χ1v) is 12.6. The van der Waals surface area contributed by atoms with E-state index in [2.05, 4.69) is 25.9 Å². The number of aryl methyl sites for hydroxylation is 1. The zero-order valence-corrected chi connectivity index (χ0v) is 21.3. The molecule has 0 aliphatic rings. The lowest BCUT2D eigenvalue weighted by Gasteiger charge is -2.08. The van der Waals surface area contributed by atoms with Crippen LogP contribution in [0.4, 0.5) is 5.69 Å². The summed E-state index contributed by atoms with van der Waals surface area (Å²) < 4.78 is 7.53. The number of furan rings is 1. The van der Waals surface area contributed by atoms with Crippen molar-refractivity contribution in [3.63, 3.8) is 0 Å². The van der Waals surface area contributed by atoms with Gasteiger partial charge in [0.2, 0.25) is 10.9 Å². The number of thiocarbonyl (C=S) groups is 1. The molecule has 0 bridgehead atoms. The maximum absolute atomic E-state index is 12.3. The van der Waals surface area contributed by atoms with Gasteiger partial charge in [-0.05, 0) is 79.0 Å². The summed E-state index contributed by atoms with van der Waals surface area (Å²) in [5.74, 6) is 1.68. The minimum absolute atomic E-state index is 0.185. The summed E-state index contributed by atoms with van der Waals surface area (Å²) in [5, 5.41) is 20.2. The molecule has 2 N–H and O–H groups in total. The molecule has 0 aliphatic carbocycles. The highest BCUT2D eigenvalue weighted by molar-refractivity contribution is 7.80. The molecule has 0 saturated heterocycles. The number of carbonyl (C=O) groups excluding carboxylic acids is 1. The summed E-state index contributed by atoms with van der Waals surface area (Å²) >= 11 is 12.7. The number of hydrogen-bond donors (Lipinski definition) is 2. The standard InChI is InChI=1S/C25H19ClN6O2S2/c1-2-21-29-30-25-32(21)31-23(36-25)16-5-9-18(10-6-16)27-24(35)28-22(33)14-12-19-11-13-20(34-19)15-3-7-17(26)8-4-15/h3-14H,2H2,1H3,(H2,27,28,33,35). The Balaban J connectivity index is 1.16. The monoisotopic (exact) mass is 534 g/mol. The third kappa shape index (κ3) is 5.35. The predicted octanol–water partition coefficient (Wildman–Crippen LogP) is 5.86. The van der Waals surface area contributed by atoms with Crippen molar-refractivity contribution in [1.29, 1.82) is 0 Å². The molecule has 0 atom stereocenters. The molecule has 5 rings (SSSR count). The van der Waals surface area contributed by atoms with Gasteiger partial charge in [0, 0.05) is 34.3 Å². The second-order valence-electron chi connectivity index (χ2n) is 7.63. The Morgan fingerprint density at radius 3 is 2.58 bits per heavy atom. The maximum atomic E-state index is 12.3. The van der Waals surface area contributed by atoms with Gasteiger partial charge in [-0.2, -0.15) is 9.61 Å². The number of nitrogens with zero attached hydrogens (tertiary/aromatic N) is 4. The van der Waals surface area contributed by atoms with E-state index in [9.17, 15) is 4.79 Å². The lowest BCUT2D eigenvalue weighted by Crippen LogP contribution is -2.32. The molecule has 8 nitrogen and oxygen atoms in total. The van der Waals surface area contributed by atoms with Gasteiger partial charge in [-0.3, -0.25) is 10.1 Å². The quantitative estimate of drug-likeness (QED) is 0.208. The van der Waals surface area contributed by atoms with E-state index in [0.717, 1.165) is 39.0 Å². The van der Waals surface area contributed by atoms with E-state index in [4.69, 9.17) is 28.2 Å². The smallest absolute Gasteiger partial charge is 0.250 e. The fourth-order valence-corrected chi connectivity index (χ4v) is 4.58. The summed E-state index contributed by atoms with van der Waals surface area (Å²) in [5.41, 5.74) is 2.59. The Kier molecular flexibility index (Phi) is 6.90. The van der Waals surface area contributed by atoms with Crippen LogP contribution in [-0.2, 0) is 11.2 Å². The summed E-state index contributed by atoms with van der Waals surface area (Å²) in [6.07, 6.45) is 3.70. The number of nitrogens with one attached hydrogen (secondary N) is 2. The van der Waals surface area contributed by atoms with Gasteiger partial charge in [-0.1, -0.05) is 29.9 Å². The van der Waals surface area contributed by atoms with E-state index >= 15 is 0 Å². The van der Waals surface area contributed by atoms with Crippen molar-refractivity contribution in [3.05, 3.63) is 83.3 Å². The van der Waals surface area contributed by atoms with Gasteiger partial charge in [0.25, 0.3) is 0 Å². The number of anilines is 1. The molecule has 0 saturated carbocycles. The van der Waals surface area contributed by atoms with Crippen molar-refractivity contribution in [1.82, 2.24) is 25.1 Å². The molecule has 1 amide bonds. The second kappa shape index (κ2) is 10.4. The van der Waals surface area contributed by atoms with Gasteiger partial charge < -0.3 is 9.73 Å². The lowest BCUT2D eigenvalue weighted by atomic mass is 10.2. The van der Waals surface area contributed by atoms with Crippen molar-refractivity contribution in [2.45, 2.75) is 13.3 Å². The van der Waals surface area contributed by atoms with Crippen molar-refractivity contribution < 1.29 is 9.21 Å². The first kappa shape index (κ1) is 23.9. The van der Waals surface area contributed by atoms with Crippen LogP contribution in [0.2, 0.25) is 5.02 Å².